The maximum atomic E-state index is 11.9. The topological polar surface area (TPSA) is 26.3 Å². The summed E-state index contributed by atoms with van der Waals surface area (Å²) in [6.45, 7) is 2.17. The molecule has 20 heavy (non-hydrogen) atoms. The lowest BCUT2D eigenvalue weighted by Gasteiger charge is -2.28. The molecule has 1 rings (SSSR count). The van der Waals surface area contributed by atoms with Gasteiger partial charge in [-0.05, 0) is 46.5 Å². The fourth-order valence-corrected chi connectivity index (χ4v) is 3.66. The fourth-order valence-electron chi connectivity index (χ4n) is 1.83. The number of carbonyl (C=O) groups is 1. The first-order chi connectivity index (χ1) is 9.62. The number of thioether (sulfide) groups is 1. The summed E-state index contributed by atoms with van der Waals surface area (Å²) >= 11 is 7.58. The Hall–Kier alpha value is 0.120. The van der Waals surface area contributed by atoms with Crippen LogP contribution in [0.3, 0.4) is 0 Å². The molecule has 1 unspecified atom stereocenters. The zero-order valence-corrected chi connectivity index (χ0v) is 15.5. The van der Waals surface area contributed by atoms with E-state index in [1.165, 1.54) is 11.8 Å². The van der Waals surface area contributed by atoms with Gasteiger partial charge in [-0.25, -0.2) is 4.79 Å². The van der Waals surface area contributed by atoms with E-state index in [0.29, 0.717) is 11.5 Å². The summed E-state index contributed by atoms with van der Waals surface area (Å²) in [4.78, 5) is 11.9. The van der Waals surface area contributed by atoms with Crippen molar-refractivity contribution in [3.63, 3.8) is 0 Å². The first-order valence-corrected chi connectivity index (χ1v) is 9.53. The van der Waals surface area contributed by atoms with Gasteiger partial charge in [-0.15, -0.1) is 0 Å². The number of alkyl halides is 1. The first-order valence-electron chi connectivity index (χ1n) is 6.83. The minimum absolute atomic E-state index is 0.214. The molecule has 0 radical (unpaired) electrons. The molecule has 2 nitrogen and oxygen atoms in total. The van der Waals surface area contributed by atoms with Crippen molar-refractivity contribution in [1.82, 2.24) is 0 Å². The number of hydrogen-bond donors (Lipinski definition) is 1. The third-order valence-electron chi connectivity index (χ3n) is 2.86. The van der Waals surface area contributed by atoms with Gasteiger partial charge in [0.05, 0.1) is 0 Å². The van der Waals surface area contributed by atoms with Crippen LogP contribution in [0, 0.1) is 0 Å². The maximum absolute atomic E-state index is 11.9. The monoisotopic (exact) mass is 424 g/mol. The summed E-state index contributed by atoms with van der Waals surface area (Å²) in [6, 6.07) is 9.99. The second-order valence-corrected chi connectivity index (χ2v) is 7.70. The first kappa shape index (κ1) is 18.2. The molecule has 0 N–H and O–H groups in total. The van der Waals surface area contributed by atoms with E-state index in [1.54, 1.807) is 0 Å². The average Bonchev–Trinajstić information content (AvgIpc) is 2.46. The van der Waals surface area contributed by atoms with Gasteiger partial charge in [-0.2, -0.15) is 12.6 Å². The molecule has 0 aliphatic rings. The van der Waals surface area contributed by atoms with Crippen LogP contribution in [0.4, 0.5) is 4.79 Å². The van der Waals surface area contributed by atoms with Gasteiger partial charge in [-0.3, -0.25) is 0 Å². The van der Waals surface area contributed by atoms with Crippen molar-refractivity contribution in [1.29, 1.82) is 0 Å². The number of unbranched alkanes of at least 4 members (excludes halogenated alkanes) is 2. The fraction of sp³-hybridized carbons (Fsp3) is 0.533. The largest absolute Gasteiger partial charge is 0.435 e. The molecule has 0 saturated carbocycles. The third-order valence-corrected chi connectivity index (χ3v) is 5.50. The van der Waals surface area contributed by atoms with Crippen LogP contribution in [0.5, 0.6) is 0 Å². The van der Waals surface area contributed by atoms with Crippen LogP contribution in [0.2, 0.25) is 0 Å². The molecule has 1 aromatic carbocycles. The lowest BCUT2D eigenvalue weighted by atomic mass is 10.0. The van der Waals surface area contributed by atoms with Crippen LogP contribution < -0.4 is 0 Å². The Balaban J connectivity index is 2.76. The Bertz CT molecular complexity index is 400. The zero-order chi connectivity index (χ0) is 14.8. The highest BCUT2D eigenvalue weighted by molar-refractivity contribution is 14.1. The van der Waals surface area contributed by atoms with Crippen LogP contribution in [0.1, 0.15) is 38.2 Å². The summed E-state index contributed by atoms with van der Waals surface area (Å²) in [7, 11) is 0. The van der Waals surface area contributed by atoms with E-state index in [0.717, 1.165) is 31.2 Å². The Morgan fingerprint density at radius 1 is 1.35 bits per heavy atom. The number of halogens is 1. The van der Waals surface area contributed by atoms with Crippen LogP contribution in [0.15, 0.2) is 30.3 Å². The molecule has 0 aliphatic heterocycles. The second kappa shape index (κ2) is 9.95. The van der Waals surface area contributed by atoms with E-state index in [-0.39, 0.29) is 5.30 Å². The van der Waals surface area contributed by atoms with Gasteiger partial charge in [0.25, 0.3) is 0 Å². The maximum Gasteiger partial charge on any atom is 0.368 e. The molecule has 0 amide bonds. The quantitative estimate of drug-likeness (QED) is 0.192. The minimum Gasteiger partial charge on any atom is -0.435 e. The number of rotatable bonds is 8. The van der Waals surface area contributed by atoms with E-state index in [2.05, 4.69) is 42.1 Å². The summed E-state index contributed by atoms with van der Waals surface area (Å²) in [5.41, 5.74) is 1.05. The highest BCUT2D eigenvalue weighted by atomic mass is 127. The molecule has 0 fully saturated rings. The van der Waals surface area contributed by atoms with E-state index >= 15 is 0 Å². The number of thiol groups is 1. The van der Waals surface area contributed by atoms with Crippen molar-refractivity contribution in [3.05, 3.63) is 35.9 Å². The Morgan fingerprint density at radius 2 is 2.05 bits per heavy atom. The molecule has 112 valence electrons. The van der Waals surface area contributed by atoms with Crippen molar-refractivity contribution in [3.8, 4) is 0 Å². The molecule has 5 heteroatoms. The molecule has 0 aromatic heterocycles. The van der Waals surface area contributed by atoms with Crippen molar-refractivity contribution in [2.75, 3.05) is 11.5 Å². The summed E-state index contributed by atoms with van der Waals surface area (Å²) in [5.74, 6) is 1.35. The van der Waals surface area contributed by atoms with E-state index in [1.807, 2.05) is 30.3 Å². The SMILES string of the molecule is CCCCCC(I)(OC(=O)SCCS)c1ccccc1. The summed E-state index contributed by atoms with van der Waals surface area (Å²) < 4.78 is 5.19. The van der Waals surface area contributed by atoms with Crippen LogP contribution in [-0.4, -0.2) is 16.8 Å². The highest BCUT2D eigenvalue weighted by Gasteiger charge is 2.32. The Morgan fingerprint density at radius 3 is 2.65 bits per heavy atom. The number of benzene rings is 1. The summed E-state index contributed by atoms with van der Waals surface area (Å²) in [5, 5.41) is -0.214. The van der Waals surface area contributed by atoms with Crippen LogP contribution in [0.25, 0.3) is 0 Å². The van der Waals surface area contributed by atoms with Crippen molar-refractivity contribution < 1.29 is 9.53 Å². The molecule has 0 saturated heterocycles. The number of ether oxygens (including phenoxy) is 1. The van der Waals surface area contributed by atoms with Gasteiger partial charge in [0.2, 0.25) is 0 Å². The zero-order valence-electron chi connectivity index (χ0n) is 11.7. The predicted octanol–water partition coefficient (Wildman–Crippen LogP) is 5.65. The van der Waals surface area contributed by atoms with Gasteiger partial charge in [0.1, 0.15) is 0 Å². The smallest absolute Gasteiger partial charge is 0.368 e. The normalized spacial score (nSPS) is 13.8. The lowest BCUT2D eigenvalue weighted by molar-refractivity contribution is 0.102. The number of hydrogen-bond acceptors (Lipinski definition) is 4. The Labute approximate surface area is 145 Å². The highest BCUT2D eigenvalue weighted by Crippen LogP contribution is 2.39. The molecule has 1 aromatic rings. The molecule has 1 atom stereocenters. The minimum atomic E-state index is -0.561. The summed E-state index contributed by atoms with van der Waals surface area (Å²) in [6.07, 6.45) is 4.21. The molecular weight excluding hydrogens is 403 g/mol. The molecule has 0 spiro atoms. The van der Waals surface area contributed by atoms with Gasteiger partial charge in [0.15, 0.2) is 3.61 Å². The standard InChI is InChI=1S/C15H21IO2S2/c1-2-3-7-10-15(16,13-8-5-4-6-9-13)18-14(17)20-12-11-19/h4-6,8-9,19H,2-3,7,10-12H2,1H3. The van der Waals surface area contributed by atoms with Crippen LogP contribution in [-0.2, 0) is 8.34 Å². The predicted molar refractivity (Wildman–Crippen MR) is 99.1 cm³/mol. The van der Waals surface area contributed by atoms with E-state index in [9.17, 15) is 4.79 Å². The average molecular weight is 424 g/mol. The van der Waals surface area contributed by atoms with Crippen molar-refractivity contribution in [2.45, 2.75) is 36.2 Å². The van der Waals surface area contributed by atoms with Crippen molar-refractivity contribution >= 4 is 52.3 Å². The van der Waals surface area contributed by atoms with Crippen molar-refractivity contribution in [2.24, 2.45) is 0 Å². The lowest BCUT2D eigenvalue weighted by Crippen LogP contribution is -2.24. The molecular formula is C15H21IO2S2. The second-order valence-electron chi connectivity index (χ2n) is 4.48. The van der Waals surface area contributed by atoms with Gasteiger partial charge >= 0.3 is 5.30 Å². The number of carbonyl (C=O) groups excluding carboxylic acids is 1. The van der Waals surface area contributed by atoms with Crippen LogP contribution >= 0.6 is 47.0 Å². The van der Waals surface area contributed by atoms with Gasteiger partial charge in [0, 0.05) is 17.7 Å². The third kappa shape index (κ3) is 6.26. The Kier molecular flexibility index (Phi) is 9.04. The molecule has 0 aliphatic carbocycles. The van der Waals surface area contributed by atoms with Gasteiger partial charge in [-0.1, -0.05) is 50.1 Å². The van der Waals surface area contributed by atoms with E-state index in [4.69, 9.17) is 4.74 Å². The van der Waals surface area contributed by atoms with Gasteiger partial charge < -0.3 is 4.74 Å². The van der Waals surface area contributed by atoms with E-state index < -0.39 is 3.61 Å². The molecule has 0 heterocycles. The molecule has 0 bridgehead atoms.